The van der Waals surface area contributed by atoms with Gasteiger partial charge in [0.2, 0.25) is 0 Å². The Hall–Kier alpha value is -0.880. The first-order chi connectivity index (χ1) is 9.52. The molecule has 0 spiro atoms. The number of likely N-dealkylation sites (tertiary alicyclic amines) is 1. The monoisotopic (exact) mass is 289 g/mol. The van der Waals surface area contributed by atoms with Crippen molar-refractivity contribution in [3.8, 4) is 0 Å². The van der Waals surface area contributed by atoms with E-state index in [4.69, 9.17) is 5.73 Å². The molecule has 3 nitrogen and oxygen atoms in total. The first-order valence-corrected chi connectivity index (χ1v) is 7.28. The van der Waals surface area contributed by atoms with Gasteiger partial charge in [0.15, 0.2) is 0 Å². The third kappa shape index (κ3) is 3.82. The van der Waals surface area contributed by atoms with Gasteiger partial charge in [0, 0.05) is 24.7 Å². The van der Waals surface area contributed by atoms with E-state index in [2.05, 4.69) is 9.89 Å². The molecule has 0 aromatic heterocycles. The number of alkyl halides is 3. The highest BCUT2D eigenvalue weighted by atomic mass is 19.4. The average Bonchev–Trinajstić information content (AvgIpc) is 2.67. The van der Waals surface area contributed by atoms with Crippen molar-refractivity contribution in [2.24, 2.45) is 16.6 Å². The van der Waals surface area contributed by atoms with Crippen LogP contribution in [0.1, 0.15) is 32.1 Å². The van der Waals surface area contributed by atoms with E-state index < -0.39 is 11.9 Å². The second-order valence-electron chi connectivity index (χ2n) is 5.51. The number of piperidine rings is 1. The Kier molecular flexibility index (Phi) is 5.21. The molecule has 0 aliphatic carbocycles. The fourth-order valence-corrected chi connectivity index (χ4v) is 3.04. The molecule has 6 heteroatoms. The van der Waals surface area contributed by atoms with Crippen molar-refractivity contribution < 1.29 is 13.2 Å². The van der Waals surface area contributed by atoms with Gasteiger partial charge in [-0.25, -0.2) is 0 Å². The largest absolute Gasteiger partial charge is 0.432 e. The number of nitrogens with zero attached hydrogens (tertiary/aromatic N) is 2. The van der Waals surface area contributed by atoms with Crippen molar-refractivity contribution in [3.05, 3.63) is 11.8 Å². The molecule has 2 unspecified atom stereocenters. The lowest BCUT2D eigenvalue weighted by atomic mass is 9.93. The van der Waals surface area contributed by atoms with Crippen LogP contribution in [-0.2, 0) is 0 Å². The van der Waals surface area contributed by atoms with Gasteiger partial charge in [-0.3, -0.25) is 9.89 Å². The molecule has 0 aromatic carbocycles. The molecule has 0 bridgehead atoms. The van der Waals surface area contributed by atoms with E-state index in [0.29, 0.717) is 19.4 Å². The van der Waals surface area contributed by atoms with Crippen LogP contribution in [0.15, 0.2) is 16.8 Å². The maximum Gasteiger partial charge on any atom is 0.432 e. The lowest BCUT2D eigenvalue weighted by molar-refractivity contribution is -0.0924. The molecule has 0 aromatic rings. The second-order valence-corrected chi connectivity index (χ2v) is 5.51. The van der Waals surface area contributed by atoms with Crippen LogP contribution >= 0.6 is 0 Å². The number of hydrogen-bond acceptors (Lipinski definition) is 3. The van der Waals surface area contributed by atoms with E-state index in [0.717, 1.165) is 25.9 Å². The van der Waals surface area contributed by atoms with Crippen LogP contribution < -0.4 is 5.73 Å². The van der Waals surface area contributed by atoms with Crippen LogP contribution in [0.25, 0.3) is 0 Å². The maximum atomic E-state index is 12.7. The van der Waals surface area contributed by atoms with Crippen LogP contribution in [0.2, 0.25) is 0 Å². The molecule has 1 saturated heterocycles. The Bertz CT molecular complexity index is 370. The van der Waals surface area contributed by atoms with Gasteiger partial charge in [-0.05, 0) is 38.8 Å². The fraction of sp³-hybridized carbons (Fsp3) is 0.786. The number of hydrogen-bond donors (Lipinski definition) is 1. The summed E-state index contributed by atoms with van der Waals surface area (Å²) < 4.78 is 38.0. The van der Waals surface area contributed by atoms with Crippen molar-refractivity contribution in [2.45, 2.75) is 44.3 Å². The quantitative estimate of drug-likeness (QED) is 0.868. The first kappa shape index (κ1) is 15.5. The summed E-state index contributed by atoms with van der Waals surface area (Å²) >= 11 is 0. The van der Waals surface area contributed by atoms with Crippen LogP contribution in [-0.4, -0.2) is 43.0 Å². The average molecular weight is 289 g/mol. The first-order valence-electron chi connectivity index (χ1n) is 7.28. The van der Waals surface area contributed by atoms with Crippen LogP contribution in [0, 0.1) is 5.92 Å². The molecule has 1 fully saturated rings. The molecule has 2 N–H and O–H groups in total. The Labute approximate surface area is 117 Å². The predicted octanol–water partition coefficient (Wildman–Crippen LogP) is 2.73. The molecule has 2 atom stereocenters. The number of nitrogens with two attached hydrogens (primary N) is 1. The second kappa shape index (κ2) is 6.72. The van der Waals surface area contributed by atoms with Gasteiger partial charge in [-0.15, -0.1) is 0 Å². The van der Waals surface area contributed by atoms with Crippen molar-refractivity contribution in [1.29, 1.82) is 0 Å². The number of allylic oxidation sites excluding steroid dienone is 2. The minimum Gasteiger partial charge on any atom is -0.329 e. The van der Waals surface area contributed by atoms with Crippen molar-refractivity contribution >= 4 is 6.21 Å². The van der Waals surface area contributed by atoms with Gasteiger partial charge in [-0.1, -0.05) is 12.5 Å². The highest BCUT2D eigenvalue weighted by Gasteiger charge is 2.35. The molecular weight excluding hydrogens is 267 g/mol. The zero-order chi connectivity index (χ0) is 14.6. The normalized spacial score (nSPS) is 27.0. The summed E-state index contributed by atoms with van der Waals surface area (Å²) in [5.41, 5.74) is 5.09. The predicted molar refractivity (Wildman–Crippen MR) is 73.6 cm³/mol. The standard InChI is InChI=1S/C14H22F3N3/c15-14(16,17)13-6-4-5-11(10-19-13)12(9-18)20-7-2-1-3-8-20/h6,10-12H,1-5,7-9,18H2. The van der Waals surface area contributed by atoms with Crippen LogP contribution in [0.5, 0.6) is 0 Å². The summed E-state index contributed by atoms with van der Waals surface area (Å²) in [5, 5.41) is 0. The van der Waals surface area contributed by atoms with E-state index in [1.165, 1.54) is 18.7 Å². The maximum absolute atomic E-state index is 12.7. The summed E-state index contributed by atoms with van der Waals surface area (Å²) in [7, 11) is 0. The Morgan fingerprint density at radius 1 is 1.30 bits per heavy atom. The van der Waals surface area contributed by atoms with E-state index in [-0.39, 0.29) is 12.0 Å². The summed E-state index contributed by atoms with van der Waals surface area (Å²) in [6.45, 7) is 2.45. The minimum absolute atomic E-state index is 0.00852. The molecule has 0 radical (unpaired) electrons. The fourth-order valence-electron chi connectivity index (χ4n) is 3.04. The number of aliphatic imine (C=N–C) groups is 1. The van der Waals surface area contributed by atoms with Gasteiger partial charge >= 0.3 is 6.18 Å². The van der Waals surface area contributed by atoms with Gasteiger partial charge in [0.25, 0.3) is 0 Å². The minimum atomic E-state index is -4.35. The zero-order valence-electron chi connectivity index (χ0n) is 11.6. The topological polar surface area (TPSA) is 41.6 Å². The van der Waals surface area contributed by atoms with E-state index in [1.807, 2.05) is 0 Å². The van der Waals surface area contributed by atoms with Crippen molar-refractivity contribution in [2.75, 3.05) is 19.6 Å². The molecule has 0 saturated carbocycles. The number of rotatable bonds is 3. The van der Waals surface area contributed by atoms with E-state index in [9.17, 15) is 13.2 Å². The Morgan fingerprint density at radius 2 is 2.00 bits per heavy atom. The van der Waals surface area contributed by atoms with Crippen molar-refractivity contribution in [1.82, 2.24) is 4.90 Å². The van der Waals surface area contributed by atoms with E-state index >= 15 is 0 Å². The summed E-state index contributed by atoms with van der Waals surface area (Å²) in [5.74, 6) is 0.00852. The van der Waals surface area contributed by atoms with Gasteiger partial charge < -0.3 is 5.73 Å². The molecular formula is C14H22F3N3. The van der Waals surface area contributed by atoms with Gasteiger partial charge in [0.1, 0.15) is 5.70 Å². The molecule has 2 rings (SSSR count). The highest BCUT2D eigenvalue weighted by molar-refractivity contribution is 5.64. The van der Waals surface area contributed by atoms with Gasteiger partial charge in [-0.2, -0.15) is 13.2 Å². The molecule has 114 valence electrons. The molecule has 2 aliphatic rings. The SMILES string of the molecule is NCC(C1C=NC(C(F)(F)F)=CCC1)N1CCCCC1. The Balaban J connectivity index is 2.05. The Morgan fingerprint density at radius 3 is 2.60 bits per heavy atom. The highest BCUT2D eigenvalue weighted by Crippen LogP contribution is 2.30. The van der Waals surface area contributed by atoms with Gasteiger partial charge in [0.05, 0.1) is 0 Å². The van der Waals surface area contributed by atoms with Crippen molar-refractivity contribution in [3.63, 3.8) is 0 Å². The zero-order valence-corrected chi connectivity index (χ0v) is 11.6. The lowest BCUT2D eigenvalue weighted by Gasteiger charge is -2.37. The van der Waals surface area contributed by atoms with Crippen LogP contribution in [0.4, 0.5) is 13.2 Å². The summed E-state index contributed by atoms with van der Waals surface area (Å²) in [6.07, 6.45) is 2.92. The number of halogens is 3. The molecule has 20 heavy (non-hydrogen) atoms. The van der Waals surface area contributed by atoms with Crippen LogP contribution in [0.3, 0.4) is 0 Å². The smallest absolute Gasteiger partial charge is 0.329 e. The van der Waals surface area contributed by atoms with E-state index in [1.54, 1.807) is 0 Å². The molecule has 2 aliphatic heterocycles. The molecule has 2 heterocycles. The third-order valence-corrected chi connectivity index (χ3v) is 4.13. The lowest BCUT2D eigenvalue weighted by Crippen LogP contribution is -2.48. The molecule has 0 amide bonds. The summed E-state index contributed by atoms with van der Waals surface area (Å²) in [4.78, 5) is 5.99. The third-order valence-electron chi connectivity index (χ3n) is 4.13. The summed E-state index contributed by atoms with van der Waals surface area (Å²) in [6, 6.07) is 0.111.